The highest BCUT2D eigenvalue weighted by Crippen LogP contribution is 2.05. The molecule has 0 spiro atoms. The van der Waals surface area contributed by atoms with Gasteiger partial charge in [-0.3, -0.25) is 0 Å². The Bertz CT molecular complexity index is 394. The van der Waals surface area contributed by atoms with E-state index < -0.39 is 0 Å². The zero-order valence-corrected chi connectivity index (χ0v) is 11.9. The molecule has 1 heteroatoms. The topological polar surface area (TPSA) is 0 Å². The van der Waals surface area contributed by atoms with Crippen LogP contribution in [0, 0.1) is 0 Å². The first-order chi connectivity index (χ1) is 8.83. The quantitative estimate of drug-likeness (QED) is 0.551. The van der Waals surface area contributed by atoms with E-state index in [0.717, 1.165) is 4.90 Å². The Balaban J connectivity index is 0.000000199. The van der Waals surface area contributed by atoms with Crippen molar-refractivity contribution in [2.75, 3.05) is 0 Å². The molecular formula is C17H22S. The Hall–Kier alpha value is -1.21. The van der Waals surface area contributed by atoms with Crippen molar-refractivity contribution in [2.45, 2.75) is 37.5 Å². The second kappa shape index (κ2) is 9.78. The Morgan fingerprint density at radius 1 is 0.778 bits per heavy atom. The Labute approximate surface area is 116 Å². The minimum atomic E-state index is 1.02. The predicted molar refractivity (Wildman–Crippen MR) is 83.4 cm³/mol. The van der Waals surface area contributed by atoms with Crippen LogP contribution in [0.1, 0.15) is 31.7 Å². The van der Waals surface area contributed by atoms with Crippen LogP contribution in [0.15, 0.2) is 65.6 Å². The molecule has 2 aromatic rings. The lowest BCUT2D eigenvalue weighted by Gasteiger charge is -1.98. The first-order valence-corrected chi connectivity index (χ1v) is 7.05. The summed E-state index contributed by atoms with van der Waals surface area (Å²) in [4.78, 5) is 1.02. The zero-order valence-electron chi connectivity index (χ0n) is 11.0. The van der Waals surface area contributed by atoms with Crippen LogP contribution in [0.5, 0.6) is 0 Å². The fourth-order valence-corrected chi connectivity index (χ4v) is 1.82. The van der Waals surface area contributed by atoms with Crippen LogP contribution < -0.4 is 0 Å². The van der Waals surface area contributed by atoms with Crippen molar-refractivity contribution in [3.63, 3.8) is 0 Å². The standard InChI is InChI=1S/C11H16.C6H6S/c1-2-3-5-8-11-9-6-4-7-10-11;7-6-4-2-1-3-5-6/h4,6-7,9-10H,2-3,5,8H2,1H3;1-5,7H. The minimum Gasteiger partial charge on any atom is -0.143 e. The highest BCUT2D eigenvalue weighted by atomic mass is 32.1. The second-order valence-corrected chi connectivity index (χ2v) is 4.79. The molecule has 0 aliphatic carbocycles. The van der Waals surface area contributed by atoms with Gasteiger partial charge in [0, 0.05) is 4.90 Å². The molecule has 0 fully saturated rings. The molecule has 0 saturated carbocycles. The van der Waals surface area contributed by atoms with Crippen molar-refractivity contribution >= 4 is 12.6 Å². The van der Waals surface area contributed by atoms with Crippen molar-refractivity contribution in [3.8, 4) is 0 Å². The molecule has 0 N–H and O–H groups in total. The van der Waals surface area contributed by atoms with E-state index in [4.69, 9.17) is 0 Å². The van der Waals surface area contributed by atoms with Crippen LogP contribution in [0.25, 0.3) is 0 Å². The van der Waals surface area contributed by atoms with E-state index in [-0.39, 0.29) is 0 Å². The van der Waals surface area contributed by atoms with Crippen molar-refractivity contribution in [2.24, 2.45) is 0 Å². The summed E-state index contributed by atoms with van der Waals surface area (Å²) in [5, 5.41) is 0. The fraction of sp³-hybridized carbons (Fsp3) is 0.294. The molecule has 0 heterocycles. The molecule has 0 unspecified atom stereocenters. The summed E-state index contributed by atoms with van der Waals surface area (Å²) in [6, 6.07) is 20.5. The van der Waals surface area contributed by atoms with E-state index in [1.165, 1.54) is 31.2 Å². The number of unbranched alkanes of at least 4 members (excludes halogenated alkanes) is 2. The van der Waals surface area contributed by atoms with Gasteiger partial charge in [0.05, 0.1) is 0 Å². The van der Waals surface area contributed by atoms with E-state index >= 15 is 0 Å². The number of hydrogen-bond acceptors (Lipinski definition) is 1. The molecule has 0 bridgehead atoms. The largest absolute Gasteiger partial charge is 0.143 e. The maximum atomic E-state index is 4.08. The fourth-order valence-electron chi connectivity index (χ4n) is 1.65. The first kappa shape index (κ1) is 14.8. The van der Waals surface area contributed by atoms with Gasteiger partial charge in [0.1, 0.15) is 0 Å². The number of thiol groups is 1. The minimum absolute atomic E-state index is 1.02. The SMILES string of the molecule is CCCCCc1ccccc1.Sc1ccccc1. The summed E-state index contributed by atoms with van der Waals surface area (Å²) < 4.78 is 0. The summed E-state index contributed by atoms with van der Waals surface area (Å²) >= 11 is 4.08. The molecule has 2 rings (SSSR count). The molecule has 0 nitrogen and oxygen atoms in total. The average molecular weight is 258 g/mol. The van der Waals surface area contributed by atoms with E-state index in [2.05, 4.69) is 49.9 Å². The number of benzene rings is 2. The molecule has 0 radical (unpaired) electrons. The molecule has 0 aromatic heterocycles. The molecular weight excluding hydrogens is 236 g/mol. The van der Waals surface area contributed by atoms with E-state index in [1.807, 2.05) is 30.3 Å². The Kier molecular flexibility index (Phi) is 8.07. The van der Waals surface area contributed by atoms with Gasteiger partial charge in [-0.1, -0.05) is 68.3 Å². The van der Waals surface area contributed by atoms with Crippen LogP contribution in [0.2, 0.25) is 0 Å². The van der Waals surface area contributed by atoms with Gasteiger partial charge in [-0.2, -0.15) is 0 Å². The van der Waals surface area contributed by atoms with Crippen LogP contribution in [-0.4, -0.2) is 0 Å². The highest BCUT2D eigenvalue weighted by molar-refractivity contribution is 7.80. The van der Waals surface area contributed by atoms with E-state index in [9.17, 15) is 0 Å². The van der Waals surface area contributed by atoms with Gasteiger partial charge in [-0.25, -0.2) is 0 Å². The molecule has 0 aliphatic rings. The highest BCUT2D eigenvalue weighted by Gasteiger charge is 1.89. The van der Waals surface area contributed by atoms with Crippen LogP contribution in [0.3, 0.4) is 0 Å². The van der Waals surface area contributed by atoms with Crippen LogP contribution in [0.4, 0.5) is 0 Å². The predicted octanol–water partition coefficient (Wildman–Crippen LogP) is 5.39. The summed E-state index contributed by atoms with van der Waals surface area (Å²) in [5.74, 6) is 0. The molecule has 96 valence electrons. The maximum absolute atomic E-state index is 4.08. The summed E-state index contributed by atoms with van der Waals surface area (Å²) in [6.45, 7) is 2.24. The first-order valence-electron chi connectivity index (χ1n) is 6.61. The average Bonchev–Trinajstić information content (AvgIpc) is 2.42. The summed E-state index contributed by atoms with van der Waals surface area (Å²) in [5.41, 5.74) is 1.47. The smallest absolute Gasteiger partial charge is 0.00399 e. The molecule has 18 heavy (non-hydrogen) atoms. The maximum Gasteiger partial charge on any atom is 0.00399 e. The number of hydrogen-bond donors (Lipinski definition) is 1. The van der Waals surface area contributed by atoms with Crippen LogP contribution in [-0.2, 0) is 6.42 Å². The molecule has 0 saturated heterocycles. The van der Waals surface area contributed by atoms with Crippen molar-refractivity contribution in [1.29, 1.82) is 0 Å². The lowest BCUT2D eigenvalue weighted by Crippen LogP contribution is -1.83. The number of aryl methyl sites for hydroxylation is 1. The second-order valence-electron chi connectivity index (χ2n) is 4.28. The van der Waals surface area contributed by atoms with E-state index in [1.54, 1.807) is 0 Å². The summed E-state index contributed by atoms with van der Waals surface area (Å²) in [7, 11) is 0. The van der Waals surface area contributed by atoms with Gasteiger partial charge in [-0.05, 0) is 30.5 Å². The Morgan fingerprint density at radius 3 is 1.78 bits per heavy atom. The molecule has 2 aromatic carbocycles. The molecule has 0 aliphatic heterocycles. The van der Waals surface area contributed by atoms with Crippen LogP contribution >= 0.6 is 12.6 Å². The lowest BCUT2D eigenvalue weighted by molar-refractivity contribution is 0.717. The zero-order chi connectivity index (χ0) is 13.1. The molecule has 0 atom stereocenters. The van der Waals surface area contributed by atoms with Gasteiger partial charge < -0.3 is 0 Å². The van der Waals surface area contributed by atoms with E-state index in [0.29, 0.717) is 0 Å². The monoisotopic (exact) mass is 258 g/mol. The van der Waals surface area contributed by atoms with Gasteiger partial charge >= 0.3 is 0 Å². The van der Waals surface area contributed by atoms with Gasteiger partial charge in [0.2, 0.25) is 0 Å². The summed E-state index contributed by atoms with van der Waals surface area (Å²) in [6.07, 6.45) is 5.25. The van der Waals surface area contributed by atoms with Gasteiger partial charge in [0.25, 0.3) is 0 Å². The van der Waals surface area contributed by atoms with Gasteiger partial charge in [-0.15, -0.1) is 12.6 Å². The van der Waals surface area contributed by atoms with Crippen molar-refractivity contribution in [3.05, 3.63) is 66.2 Å². The Morgan fingerprint density at radius 2 is 1.33 bits per heavy atom. The van der Waals surface area contributed by atoms with Gasteiger partial charge in [0.15, 0.2) is 0 Å². The number of rotatable bonds is 4. The normalized spacial score (nSPS) is 9.44. The third kappa shape index (κ3) is 7.18. The third-order valence-corrected chi connectivity index (χ3v) is 2.97. The van der Waals surface area contributed by atoms with Crippen molar-refractivity contribution in [1.82, 2.24) is 0 Å². The molecule has 0 amide bonds. The van der Waals surface area contributed by atoms with Crippen molar-refractivity contribution < 1.29 is 0 Å². The third-order valence-electron chi connectivity index (χ3n) is 2.67. The lowest BCUT2D eigenvalue weighted by atomic mass is 10.1.